The van der Waals surface area contributed by atoms with Crippen LogP contribution in [0.25, 0.3) is 11.0 Å². The molecule has 1 aliphatic heterocycles. The minimum Gasteiger partial charge on any atom is -0.480 e. The van der Waals surface area contributed by atoms with E-state index < -0.39 is 5.97 Å². The van der Waals surface area contributed by atoms with E-state index in [1.165, 1.54) is 24.1 Å². The van der Waals surface area contributed by atoms with E-state index in [1.54, 1.807) is 10.9 Å². The van der Waals surface area contributed by atoms with Gasteiger partial charge in [0.15, 0.2) is 0 Å². The highest BCUT2D eigenvalue weighted by molar-refractivity contribution is 5.81. The van der Waals surface area contributed by atoms with E-state index in [0.717, 1.165) is 36.5 Å². The molecule has 26 heavy (non-hydrogen) atoms. The lowest BCUT2D eigenvalue weighted by molar-refractivity contribution is -0.137. The first-order valence-electron chi connectivity index (χ1n) is 9.14. The van der Waals surface area contributed by atoms with Crippen LogP contribution in [0.2, 0.25) is 0 Å². The van der Waals surface area contributed by atoms with Crippen molar-refractivity contribution < 1.29 is 9.90 Å². The summed E-state index contributed by atoms with van der Waals surface area (Å²) in [5.74, 6) is -0.110. The number of carboxylic acids is 1. The molecule has 2 aromatic carbocycles. The number of aliphatic carboxylic acids is 1. The summed E-state index contributed by atoms with van der Waals surface area (Å²) in [5, 5.41) is 8.98. The van der Waals surface area contributed by atoms with E-state index in [-0.39, 0.29) is 6.54 Å². The number of benzene rings is 2. The third-order valence-electron chi connectivity index (χ3n) is 5.26. The molecule has 1 aliphatic rings. The van der Waals surface area contributed by atoms with Crippen molar-refractivity contribution in [3.63, 3.8) is 0 Å². The Balaban J connectivity index is 1.42. The zero-order valence-corrected chi connectivity index (χ0v) is 14.7. The van der Waals surface area contributed by atoms with Crippen LogP contribution in [0.3, 0.4) is 0 Å². The molecule has 0 aliphatic carbocycles. The van der Waals surface area contributed by atoms with E-state index in [1.807, 2.05) is 6.07 Å². The molecule has 134 valence electrons. The molecule has 0 radical (unpaired) electrons. The van der Waals surface area contributed by atoms with Crippen LogP contribution in [0.4, 0.5) is 5.69 Å². The number of piperidine rings is 1. The molecule has 3 aromatic rings. The molecule has 5 nitrogen and oxygen atoms in total. The molecule has 4 rings (SSSR count). The van der Waals surface area contributed by atoms with Gasteiger partial charge in [-0.15, -0.1) is 0 Å². The van der Waals surface area contributed by atoms with Crippen molar-refractivity contribution in [3.8, 4) is 0 Å². The Morgan fingerprint density at radius 1 is 1.12 bits per heavy atom. The average molecular weight is 349 g/mol. The number of carboxylic acid groups (broad SMARTS) is 1. The number of imidazole rings is 1. The van der Waals surface area contributed by atoms with Crippen molar-refractivity contribution in [2.75, 3.05) is 18.0 Å². The molecule has 1 aromatic heterocycles. The lowest BCUT2D eigenvalue weighted by Crippen LogP contribution is -2.34. The van der Waals surface area contributed by atoms with E-state index in [0.29, 0.717) is 0 Å². The van der Waals surface area contributed by atoms with Gasteiger partial charge in [0.05, 0.1) is 17.4 Å². The van der Waals surface area contributed by atoms with Crippen LogP contribution in [0, 0.1) is 5.92 Å². The highest BCUT2D eigenvalue weighted by Crippen LogP contribution is 2.28. The van der Waals surface area contributed by atoms with Gasteiger partial charge >= 0.3 is 5.97 Å². The van der Waals surface area contributed by atoms with E-state index in [4.69, 9.17) is 5.11 Å². The molecule has 0 amide bonds. The van der Waals surface area contributed by atoms with Crippen LogP contribution in [0.1, 0.15) is 18.4 Å². The number of nitrogens with zero attached hydrogens (tertiary/aromatic N) is 3. The molecule has 2 heterocycles. The lowest BCUT2D eigenvalue weighted by atomic mass is 9.90. The Bertz CT molecular complexity index is 896. The Morgan fingerprint density at radius 2 is 1.88 bits per heavy atom. The predicted molar refractivity (Wildman–Crippen MR) is 102 cm³/mol. The molecule has 0 atom stereocenters. The summed E-state index contributed by atoms with van der Waals surface area (Å²) in [4.78, 5) is 17.7. The van der Waals surface area contributed by atoms with Gasteiger partial charge in [-0.3, -0.25) is 4.79 Å². The zero-order valence-electron chi connectivity index (χ0n) is 14.7. The topological polar surface area (TPSA) is 58.4 Å². The maximum Gasteiger partial charge on any atom is 0.323 e. The van der Waals surface area contributed by atoms with Gasteiger partial charge in [-0.1, -0.05) is 30.3 Å². The fraction of sp³-hybridized carbons (Fsp3) is 0.333. The molecule has 0 saturated carbocycles. The number of fused-ring (bicyclic) bond motifs is 1. The largest absolute Gasteiger partial charge is 0.480 e. The van der Waals surface area contributed by atoms with Crippen molar-refractivity contribution in [3.05, 3.63) is 60.4 Å². The first-order chi connectivity index (χ1) is 12.7. The maximum atomic E-state index is 10.9. The van der Waals surface area contributed by atoms with E-state index in [2.05, 4.69) is 52.3 Å². The second kappa shape index (κ2) is 7.20. The summed E-state index contributed by atoms with van der Waals surface area (Å²) < 4.78 is 1.67. The normalized spacial score (nSPS) is 15.5. The highest BCUT2D eigenvalue weighted by Gasteiger charge is 2.20. The Morgan fingerprint density at radius 3 is 2.62 bits per heavy atom. The second-order valence-electron chi connectivity index (χ2n) is 7.06. The first kappa shape index (κ1) is 16.6. The van der Waals surface area contributed by atoms with Gasteiger partial charge in [-0.25, -0.2) is 4.98 Å². The fourth-order valence-corrected chi connectivity index (χ4v) is 3.86. The van der Waals surface area contributed by atoms with Gasteiger partial charge in [-0.2, -0.15) is 0 Å². The fourth-order valence-electron chi connectivity index (χ4n) is 3.86. The summed E-state index contributed by atoms with van der Waals surface area (Å²) in [6.07, 6.45) is 5.16. The molecule has 5 heteroatoms. The lowest BCUT2D eigenvalue weighted by Gasteiger charge is -2.33. The van der Waals surface area contributed by atoms with Gasteiger partial charge < -0.3 is 14.6 Å². The zero-order chi connectivity index (χ0) is 17.9. The Hall–Kier alpha value is -2.82. The Labute approximate surface area is 152 Å². The van der Waals surface area contributed by atoms with Gasteiger partial charge in [0, 0.05) is 18.8 Å². The standard InChI is InChI=1S/C21H23N3O2/c25-21(26)14-24-15-22-19-13-18(6-7-20(19)24)23-10-8-17(9-11-23)12-16-4-2-1-3-5-16/h1-7,13,15,17H,8-12,14H2,(H,25,26). The van der Waals surface area contributed by atoms with Gasteiger partial charge in [0.2, 0.25) is 0 Å². The van der Waals surface area contributed by atoms with Crippen LogP contribution in [0.15, 0.2) is 54.9 Å². The number of anilines is 1. The molecule has 1 N–H and O–H groups in total. The quantitative estimate of drug-likeness (QED) is 0.765. The van der Waals surface area contributed by atoms with Crippen LogP contribution in [0.5, 0.6) is 0 Å². The number of aromatic nitrogens is 2. The summed E-state index contributed by atoms with van der Waals surface area (Å²) >= 11 is 0. The van der Waals surface area contributed by atoms with Gasteiger partial charge in [0.1, 0.15) is 6.54 Å². The number of hydrogen-bond acceptors (Lipinski definition) is 3. The number of rotatable bonds is 5. The third kappa shape index (κ3) is 3.57. The van der Waals surface area contributed by atoms with Crippen LogP contribution >= 0.6 is 0 Å². The van der Waals surface area contributed by atoms with Crippen LogP contribution in [-0.2, 0) is 17.8 Å². The maximum absolute atomic E-state index is 10.9. The van der Waals surface area contributed by atoms with E-state index in [9.17, 15) is 4.79 Å². The van der Waals surface area contributed by atoms with Crippen LogP contribution < -0.4 is 4.90 Å². The van der Waals surface area contributed by atoms with E-state index >= 15 is 0 Å². The van der Waals surface area contributed by atoms with Crippen molar-refractivity contribution >= 4 is 22.7 Å². The third-order valence-corrected chi connectivity index (χ3v) is 5.26. The van der Waals surface area contributed by atoms with Crippen molar-refractivity contribution in [1.29, 1.82) is 0 Å². The van der Waals surface area contributed by atoms with Crippen molar-refractivity contribution in [2.45, 2.75) is 25.8 Å². The summed E-state index contributed by atoms with van der Waals surface area (Å²) in [6.45, 7) is 2.05. The molecular weight excluding hydrogens is 326 g/mol. The molecule has 1 saturated heterocycles. The minimum absolute atomic E-state index is 0.0548. The monoisotopic (exact) mass is 349 g/mol. The predicted octanol–water partition coefficient (Wildman–Crippen LogP) is 3.58. The summed E-state index contributed by atoms with van der Waals surface area (Å²) in [5.41, 5.74) is 4.33. The van der Waals surface area contributed by atoms with Gasteiger partial charge in [0.25, 0.3) is 0 Å². The average Bonchev–Trinajstić information content (AvgIpc) is 3.05. The Kier molecular flexibility index (Phi) is 4.61. The van der Waals surface area contributed by atoms with Crippen molar-refractivity contribution in [2.24, 2.45) is 5.92 Å². The summed E-state index contributed by atoms with van der Waals surface area (Å²) in [6, 6.07) is 16.9. The minimum atomic E-state index is -0.853. The molecule has 0 unspecified atom stereocenters. The first-order valence-corrected chi connectivity index (χ1v) is 9.14. The second-order valence-corrected chi connectivity index (χ2v) is 7.06. The number of carbonyl (C=O) groups is 1. The molecule has 0 bridgehead atoms. The molecule has 0 spiro atoms. The smallest absolute Gasteiger partial charge is 0.323 e. The number of hydrogen-bond donors (Lipinski definition) is 1. The highest BCUT2D eigenvalue weighted by atomic mass is 16.4. The molecule has 1 fully saturated rings. The van der Waals surface area contributed by atoms with Gasteiger partial charge in [-0.05, 0) is 48.9 Å². The van der Waals surface area contributed by atoms with Crippen LogP contribution in [-0.4, -0.2) is 33.7 Å². The summed E-state index contributed by atoms with van der Waals surface area (Å²) in [7, 11) is 0. The van der Waals surface area contributed by atoms with Crippen molar-refractivity contribution in [1.82, 2.24) is 9.55 Å². The molecular formula is C21H23N3O2. The SMILES string of the molecule is O=C(O)Cn1cnc2cc(N3CCC(Cc4ccccc4)CC3)ccc21.